The highest BCUT2D eigenvalue weighted by atomic mass is 15.1. The summed E-state index contributed by atoms with van der Waals surface area (Å²) in [6, 6.07) is 12.3. The van der Waals surface area contributed by atoms with Crippen molar-refractivity contribution in [3.8, 4) is 6.07 Å². The first-order chi connectivity index (χ1) is 8.70. The smallest absolute Gasteiger partial charge is 0.101 e. The minimum atomic E-state index is 0.653. The molecule has 0 aliphatic heterocycles. The Bertz CT molecular complexity index is 584. The molecule has 0 N–H and O–H groups in total. The molecule has 2 aromatic rings. The maximum absolute atomic E-state index is 9.07. The van der Waals surface area contributed by atoms with Crippen LogP contribution in [0.3, 0.4) is 0 Å². The average molecular weight is 237 g/mol. The minimum absolute atomic E-state index is 0.653. The highest BCUT2D eigenvalue weighted by Gasteiger charge is 2.07. The first kappa shape index (κ1) is 12.1. The Morgan fingerprint density at radius 3 is 2.89 bits per heavy atom. The van der Waals surface area contributed by atoms with Gasteiger partial charge in [0.2, 0.25) is 0 Å². The third kappa shape index (κ3) is 2.67. The molecular weight excluding hydrogens is 222 g/mol. The summed E-state index contributed by atoms with van der Waals surface area (Å²) in [6.07, 6.45) is 3.37. The number of nitrogens with zero attached hydrogens (tertiary/aromatic N) is 3. The van der Waals surface area contributed by atoms with Crippen LogP contribution in [0.15, 0.2) is 42.7 Å². The molecule has 0 saturated heterocycles. The van der Waals surface area contributed by atoms with Gasteiger partial charge in [-0.05, 0) is 18.6 Å². The molecule has 18 heavy (non-hydrogen) atoms. The molecule has 2 rings (SSSR count). The third-order valence-electron chi connectivity index (χ3n) is 2.83. The van der Waals surface area contributed by atoms with Crippen LogP contribution in [0.2, 0.25) is 0 Å². The summed E-state index contributed by atoms with van der Waals surface area (Å²) in [5.41, 5.74) is 3.99. The zero-order valence-electron chi connectivity index (χ0n) is 10.6. The molecule has 0 spiro atoms. The third-order valence-corrected chi connectivity index (χ3v) is 2.83. The van der Waals surface area contributed by atoms with Crippen molar-refractivity contribution in [2.24, 2.45) is 0 Å². The molecule has 0 fully saturated rings. The highest BCUT2D eigenvalue weighted by molar-refractivity contribution is 5.57. The normalized spacial score (nSPS) is 9.83. The van der Waals surface area contributed by atoms with E-state index in [9.17, 15) is 0 Å². The molecule has 3 nitrogen and oxygen atoms in total. The van der Waals surface area contributed by atoms with Crippen LogP contribution in [0, 0.1) is 18.3 Å². The molecule has 3 heteroatoms. The van der Waals surface area contributed by atoms with Gasteiger partial charge in [-0.2, -0.15) is 5.26 Å². The number of hydrogen-bond acceptors (Lipinski definition) is 3. The molecule has 0 bridgehead atoms. The highest BCUT2D eigenvalue weighted by Crippen LogP contribution is 2.19. The van der Waals surface area contributed by atoms with E-state index in [1.807, 2.05) is 18.0 Å². The van der Waals surface area contributed by atoms with Crippen LogP contribution in [-0.4, -0.2) is 12.0 Å². The molecule has 0 amide bonds. The van der Waals surface area contributed by atoms with Gasteiger partial charge in [0.25, 0.3) is 0 Å². The number of nitriles is 1. The second-order valence-corrected chi connectivity index (χ2v) is 4.35. The van der Waals surface area contributed by atoms with Crippen molar-refractivity contribution in [2.75, 3.05) is 11.9 Å². The van der Waals surface area contributed by atoms with E-state index < -0.39 is 0 Å². The summed E-state index contributed by atoms with van der Waals surface area (Å²) >= 11 is 0. The van der Waals surface area contributed by atoms with Crippen LogP contribution in [0.4, 0.5) is 5.69 Å². The van der Waals surface area contributed by atoms with Gasteiger partial charge in [-0.15, -0.1) is 0 Å². The molecule has 90 valence electrons. The Balaban J connectivity index is 2.22. The van der Waals surface area contributed by atoms with Gasteiger partial charge in [0, 0.05) is 19.8 Å². The van der Waals surface area contributed by atoms with Crippen LogP contribution in [0.25, 0.3) is 0 Å². The summed E-state index contributed by atoms with van der Waals surface area (Å²) in [7, 11) is 1.97. The quantitative estimate of drug-likeness (QED) is 0.824. The van der Waals surface area contributed by atoms with E-state index in [-0.39, 0.29) is 0 Å². The summed E-state index contributed by atoms with van der Waals surface area (Å²) in [4.78, 5) is 6.12. The standard InChI is InChI=1S/C15H15N3/c1-12-4-3-5-13(8-12)11-18(2)15-10-17-7-6-14(15)9-16/h3-8,10H,11H2,1-2H3. The molecule has 0 aliphatic rings. The molecule has 0 radical (unpaired) electrons. The Morgan fingerprint density at radius 2 is 2.17 bits per heavy atom. The molecule has 1 heterocycles. The van der Waals surface area contributed by atoms with E-state index in [1.165, 1.54) is 11.1 Å². The second kappa shape index (κ2) is 5.33. The lowest BCUT2D eigenvalue weighted by Gasteiger charge is -2.20. The Labute approximate surface area is 107 Å². The minimum Gasteiger partial charge on any atom is -0.368 e. The molecule has 0 saturated carbocycles. The predicted octanol–water partition coefficient (Wildman–Crippen LogP) is 2.90. The number of benzene rings is 1. The van der Waals surface area contributed by atoms with Crippen LogP contribution in [0.5, 0.6) is 0 Å². The Kier molecular flexibility index (Phi) is 3.59. The van der Waals surface area contributed by atoms with E-state index in [2.05, 4.69) is 36.2 Å². The number of hydrogen-bond donors (Lipinski definition) is 0. The van der Waals surface area contributed by atoms with Gasteiger partial charge in [0.1, 0.15) is 6.07 Å². The van der Waals surface area contributed by atoms with Crippen molar-refractivity contribution in [1.82, 2.24) is 4.98 Å². The molecule has 0 atom stereocenters. The summed E-state index contributed by atoms with van der Waals surface area (Å²) in [6.45, 7) is 2.84. The van der Waals surface area contributed by atoms with Crippen LogP contribution in [0.1, 0.15) is 16.7 Å². The van der Waals surface area contributed by atoms with Crippen molar-refractivity contribution >= 4 is 5.69 Å². The van der Waals surface area contributed by atoms with E-state index in [4.69, 9.17) is 5.26 Å². The maximum Gasteiger partial charge on any atom is 0.101 e. The van der Waals surface area contributed by atoms with E-state index in [0.717, 1.165) is 12.2 Å². The summed E-state index contributed by atoms with van der Waals surface area (Å²) < 4.78 is 0. The number of aryl methyl sites for hydroxylation is 1. The monoisotopic (exact) mass is 237 g/mol. The fourth-order valence-corrected chi connectivity index (χ4v) is 1.95. The molecular formula is C15H15N3. The topological polar surface area (TPSA) is 39.9 Å². The largest absolute Gasteiger partial charge is 0.368 e. The number of aromatic nitrogens is 1. The van der Waals surface area contributed by atoms with Gasteiger partial charge in [-0.25, -0.2) is 0 Å². The van der Waals surface area contributed by atoms with Gasteiger partial charge >= 0.3 is 0 Å². The van der Waals surface area contributed by atoms with Gasteiger partial charge in [-0.3, -0.25) is 4.98 Å². The fraction of sp³-hybridized carbons (Fsp3) is 0.200. The van der Waals surface area contributed by atoms with Crippen LogP contribution in [-0.2, 0) is 6.54 Å². The lowest BCUT2D eigenvalue weighted by molar-refractivity contribution is 0.914. The van der Waals surface area contributed by atoms with Crippen molar-refractivity contribution in [2.45, 2.75) is 13.5 Å². The first-order valence-corrected chi connectivity index (χ1v) is 5.81. The lowest BCUT2D eigenvalue weighted by atomic mass is 10.1. The molecule has 0 unspecified atom stereocenters. The van der Waals surface area contributed by atoms with Crippen molar-refractivity contribution in [3.05, 3.63) is 59.4 Å². The second-order valence-electron chi connectivity index (χ2n) is 4.35. The van der Waals surface area contributed by atoms with Crippen LogP contribution >= 0.6 is 0 Å². The average Bonchev–Trinajstić information content (AvgIpc) is 2.38. The number of rotatable bonds is 3. The number of pyridine rings is 1. The zero-order chi connectivity index (χ0) is 13.0. The summed E-state index contributed by atoms with van der Waals surface area (Å²) in [5.74, 6) is 0. The summed E-state index contributed by atoms with van der Waals surface area (Å²) in [5, 5.41) is 9.07. The van der Waals surface area contributed by atoms with Crippen molar-refractivity contribution in [1.29, 1.82) is 5.26 Å². The van der Waals surface area contributed by atoms with Gasteiger partial charge in [0.05, 0.1) is 17.4 Å². The van der Waals surface area contributed by atoms with Gasteiger partial charge < -0.3 is 4.90 Å². The van der Waals surface area contributed by atoms with Gasteiger partial charge in [0.15, 0.2) is 0 Å². The first-order valence-electron chi connectivity index (χ1n) is 5.81. The van der Waals surface area contributed by atoms with E-state index in [0.29, 0.717) is 5.56 Å². The SMILES string of the molecule is Cc1cccc(CN(C)c2cnccc2C#N)c1. The van der Waals surface area contributed by atoms with Crippen molar-refractivity contribution in [3.63, 3.8) is 0 Å². The van der Waals surface area contributed by atoms with Crippen LogP contribution < -0.4 is 4.90 Å². The van der Waals surface area contributed by atoms with Gasteiger partial charge in [-0.1, -0.05) is 29.8 Å². The number of anilines is 1. The molecule has 1 aromatic carbocycles. The van der Waals surface area contributed by atoms with Crippen molar-refractivity contribution < 1.29 is 0 Å². The maximum atomic E-state index is 9.07. The molecule has 1 aromatic heterocycles. The Morgan fingerprint density at radius 1 is 1.33 bits per heavy atom. The Hall–Kier alpha value is -2.34. The zero-order valence-corrected chi connectivity index (χ0v) is 10.6. The molecule has 0 aliphatic carbocycles. The van der Waals surface area contributed by atoms with E-state index >= 15 is 0 Å². The lowest BCUT2D eigenvalue weighted by Crippen LogP contribution is -2.17. The van der Waals surface area contributed by atoms with E-state index in [1.54, 1.807) is 18.5 Å². The fourth-order valence-electron chi connectivity index (χ4n) is 1.95. The predicted molar refractivity (Wildman–Crippen MR) is 72.2 cm³/mol.